The maximum atomic E-state index is 13.1. The van der Waals surface area contributed by atoms with E-state index in [0.29, 0.717) is 6.42 Å². The Morgan fingerprint density at radius 1 is 1.47 bits per heavy atom. The number of guanidine groups is 1. The molecule has 0 amide bonds. The van der Waals surface area contributed by atoms with Crippen molar-refractivity contribution in [3.63, 3.8) is 0 Å². The van der Waals surface area contributed by atoms with Crippen LogP contribution in [-0.4, -0.2) is 32.1 Å². The number of nitrogens with one attached hydrogen (secondary N) is 2. The standard InChI is InChI=1S/C11H14FN3O3S/c1-2-8(6-16)13-11-14-9-4-3-7(12)5-10(9)19(17,18)15-11/h3-5,8,16H,2,6H2,1H3,(H2,13,14,15). The summed E-state index contributed by atoms with van der Waals surface area (Å²) in [4.78, 5) is 3.90. The molecule has 1 aliphatic heterocycles. The predicted molar refractivity (Wildman–Crippen MR) is 68.9 cm³/mol. The molecule has 6 nitrogen and oxygen atoms in total. The molecule has 104 valence electrons. The van der Waals surface area contributed by atoms with Crippen molar-refractivity contribution in [2.24, 2.45) is 4.99 Å². The van der Waals surface area contributed by atoms with Gasteiger partial charge in [0.15, 0.2) is 0 Å². The van der Waals surface area contributed by atoms with Gasteiger partial charge in [-0.3, -0.25) is 0 Å². The Hall–Kier alpha value is -1.67. The molecule has 0 aromatic heterocycles. The molecule has 8 heteroatoms. The molecule has 0 bridgehead atoms. The van der Waals surface area contributed by atoms with Gasteiger partial charge in [0, 0.05) is 0 Å². The Balaban J connectivity index is 2.41. The first-order valence-corrected chi connectivity index (χ1v) is 7.22. The average molecular weight is 287 g/mol. The van der Waals surface area contributed by atoms with Crippen LogP contribution >= 0.6 is 0 Å². The predicted octanol–water partition coefficient (Wildman–Crippen LogP) is 0.656. The molecule has 1 heterocycles. The van der Waals surface area contributed by atoms with Crippen LogP contribution in [0, 0.1) is 5.82 Å². The molecule has 0 aliphatic carbocycles. The number of fused-ring (bicyclic) bond motifs is 1. The Labute approximate surface area is 110 Å². The van der Waals surface area contributed by atoms with Gasteiger partial charge >= 0.3 is 0 Å². The second kappa shape index (κ2) is 5.14. The third kappa shape index (κ3) is 2.85. The SMILES string of the molecule is CCC(CO)N=C1Nc2ccc(F)cc2S(=O)(=O)N1. The Morgan fingerprint density at radius 2 is 2.21 bits per heavy atom. The Bertz CT molecular complexity index is 612. The van der Waals surface area contributed by atoms with Gasteiger partial charge in [-0.05, 0) is 24.6 Å². The summed E-state index contributed by atoms with van der Waals surface area (Å²) in [6, 6.07) is 3.03. The highest BCUT2D eigenvalue weighted by molar-refractivity contribution is 7.90. The van der Waals surface area contributed by atoms with Crippen molar-refractivity contribution in [1.29, 1.82) is 0 Å². The number of aliphatic hydroxyl groups is 1. The zero-order chi connectivity index (χ0) is 14.0. The zero-order valence-electron chi connectivity index (χ0n) is 10.2. The molecule has 0 saturated heterocycles. The minimum atomic E-state index is -3.84. The number of aliphatic hydroxyl groups excluding tert-OH is 1. The van der Waals surface area contributed by atoms with Crippen LogP contribution in [0.25, 0.3) is 0 Å². The molecule has 3 N–H and O–H groups in total. The highest BCUT2D eigenvalue weighted by atomic mass is 32.2. The van der Waals surface area contributed by atoms with Crippen LogP contribution < -0.4 is 10.0 Å². The van der Waals surface area contributed by atoms with Crippen molar-refractivity contribution in [3.05, 3.63) is 24.0 Å². The lowest BCUT2D eigenvalue weighted by Crippen LogP contribution is -2.41. The van der Waals surface area contributed by atoms with Crippen LogP contribution in [0.15, 0.2) is 28.1 Å². The quantitative estimate of drug-likeness (QED) is 0.761. The molecule has 1 aliphatic rings. The highest BCUT2D eigenvalue weighted by Crippen LogP contribution is 2.25. The lowest BCUT2D eigenvalue weighted by molar-refractivity contribution is 0.264. The van der Waals surface area contributed by atoms with Crippen LogP contribution in [0.5, 0.6) is 0 Å². The van der Waals surface area contributed by atoms with Crippen molar-refractivity contribution in [3.8, 4) is 0 Å². The number of benzene rings is 1. The number of hydrogen-bond donors (Lipinski definition) is 3. The summed E-state index contributed by atoms with van der Waals surface area (Å²) in [6.45, 7) is 1.64. The van der Waals surface area contributed by atoms with Gasteiger partial charge in [-0.1, -0.05) is 6.92 Å². The Morgan fingerprint density at radius 3 is 2.84 bits per heavy atom. The van der Waals surface area contributed by atoms with E-state index in [4.69, 9.17) is 5.11 Å². The number of aliphatic imine (C=N–C) groups is 1. The number of hydrogen-bond acceptors (Lipinski definition) is 4. The van der Waals surface area contributed by atoms with Gasteiger partial charge in [-0.15, -0.1) is 0 Å². The largest absolute Gasteiger partial charge is 0.394 e. The van der Waals surface area contributed by atoms with Crippen molar-refractivity contribution < 1.29 is 17.9 Å². The Kier molecular flexibility index (Phi) is 3.72. The number of anilines is 1. The van der Waals surface area contributed by atoms with Crippen molar-refractivity contribution >= 4 is 21.7 Å². The third-order valence-corrected chi connectivity index (χ3v) is 4.09. The second-order valence-electron chi connectivity index (χ2n) is 4.09. The smallest absolute Gasteiger partial charge is 0.266 e. The van der Waals surface area contributed by atoms with Gasteiger partial charge in [-0.2, -0.15) is 0 Å². The highest BCUT2D eigenvalue weighted by Gasteiger charge is 2.27. The van der Waals surface area contributed by atoms with Gasteiger partial charge in [0.05, 0.1) is 18.3 Å². The van der Waals surface area contributed by atoms with Crippen LogP contribution in [-0.2, 0) is 10.0 Å². The van der Waals surface area contributed by atoms with Crippen molar-refractivity contribution in [1.82, 2.24) is 4.72 Å². The minimum absolute atomic E-state index is 0.0278. The number of halogens is 1. The topological polar surface area (TPSA) is 90.8 Å². The summed E-state index contributed by atoms with van der Waals surface area (Å²) < 4.78 is 39.1. The van der Waals surface area contributed by atoms with Gasteiger partial charge in [0.25, 0.3) is 10.0 Å². The zero-order valence-corrected chi connectivity index (χ0v) is 11.0. The number of rotatable bonds is 3. The minimum Gasteiger partial charge on any atom is -0.394 e. The summed E-state index contributed by atoms with van der Waals surface area (Å²) in [5, 5.41) is 11.8. The van der Waals surface area contributed by atoms with E-state index in [9.17, 15) is 12.8 Å². The van der Waals surface area contributed by atoms with Crippen LogP contribution in [0.3, 0.4) is 0 Å². The lowest BCUT2D eigenvalue weighted by Gasteiger charge is -2.22. The summed E-state index contributed by atoms with van der Waals surface area (Å²) in [5.41, 5.74) is 0.256. The van der Waals surface area contributed by atoms with E-state index in [2.05, 4.69) is 15.0 Å². The fourth-order valence-electron chi connectivity index (χ4n) is 1.66. The fourth-order valence-corrected chi connectivity index (χ4v) is 2.80. The maximum absolute atomic E-state index is 13.1. The summed E-state index contributed by atoms with van der Waals surface area (Å²) in [5.74, 6) is -0.604. The molecule has 19 heavy (non-hydrogen) atoms. The van der Waals surface area contributed by atoms with Crippen LogP contribution in [0.2, 0.25) is 0 Å². The molecule has 0 radical (unpaired) electrons. The maximum Gasteiger partial charge on any atom is 0.266 e. The molecule has 2 rings (SSSR count). The molecule has 1 aromatic rings. The molecular formula is C11H14FN3O3S. The number of sulfonamides is 1. The summed E-state index contributed by atoms with van der Waals surface area (Å²) in [6.07, 6.45) is 0.569. The van der Waals surface area contributed by atoms with Crippen LogP contribution in [0.1, 0.15) is 13.3 Å². The second-order valence-corrected chi connectivity index (χ2v) is 5.74. The normalized spacial score (nSPS) is 20.3. The van der Waals surface area contributed by atoms with Gasteiger partial charge in [-0.25, -0.2) is 22.5 Å². The molecule has 0 saturated carbocycles. The first-order valence-electron chi connectivity index (χ1n) is 5.74. The molecule has 1 unspecified atom stereocenters. The monoisotopic (exact) mass is 287 g/mol. The average Bonchev–Trinajstić information content (AvgIpc) is 2.36. The molecule has 1 atom stereocenters. The van der Waals surface area contributed by atoms with Gasteiger partial charge in [0.2, 0.25) is 5.96 Å². The first kappa shape index (κ1) is 13.8. The van der Waals surface area contributed by atoms with E-state index in [1.807, 2.05) is 6.92 Å². The molecular weight excluding hydrogens is 273 g/mol. The van der Waals surface area contributed by atoms with E-state index in [1.165, 1.54) is 6.07 Å². The first-order chi connectivity index (χ1) is 8.96. The molecule has 0 spiro atoms. The number of nitrogens with zero attached hydrogens (tertiary/aromatic N) is 1. The third-order valence-electron chi connectivity index (χ3n) is 2.71. The van der Waals surface area contributed by atoms with E-state index in [0.717, 1.165) is 12.1 Å². The molecule has 1 aromatic carbocycles. The fraction of sp³-hybridized carbons (Fsp3) is 0.364. The van der Waals surface area contributed by atoms with E-state index < -0.39 is 21.9 Å². The summed E-state index contributed by atoms with van der Waals surface area (Å²) in [7, 11) is -3.84. The summed E-state index contributed by atoms with van der Waals surface area (Å²) >= 11 is 0. The van der Waals surface area contributed by atoms with E-state index >= 15 is 0 Å². The van der Waals surface area contributed by atoms with Crippen LogP contribution in [0.4, 0.5) is 10.1 Å². The van der Waals surface area contributed by atoms with E-state index in [1.54, 1.807) is 0 Å². The van der Waals surface area contributed by atoms with Gasteiger partial charge in [0.1, 0.15) is 10.7 Å². The van der Waals surface area contributed by atoms with Gasteiger partial charge < -0.3 is 10.4 Å². The van der Waals surface area contributed by atoms with Crippen molar-refractivity contribution in [2.75, 3.05) is 11.9 Å². The van der Waals surface area contributed by atoms with Crippen molar-refractivity contribution in [2.45, 2.75) is 24.3 Å². The molecule has 0 fully saturated rings. The van der Waals surface area contributed by atoms with E-state index in [-0.39, 0.29) is 23.1 Å². The lowest BCUT2D eigenvalue weighted by atomic mass is 10.2.